The highest BCUT2D eigenvalue weighted by atomic mass is 19.2. The highest BCUT2D eigenvalue weighted by Crippen LogP contribution is 2.27. The van der Waals surface area contributed by atoms with Gasteiger partial charge in [0.2, 0.25) is 5.82 Å². The first-order valence-corrected chi connectivity index (χ1v) is 6.96. The fraction of sp³-hybridized carbons (Fsp3) is 0.600. The number of rotatable bonds is 5. The molecular formula is C15H21F2NO. The fourth-order valence-electron chi connectivity index (χ4n) is 2.77. The van der Waals surface area contributed by atoms with Crippen molar-refractivity contribution in [1.29, 1.82) is 0 Å². The molecule has 0 aliphatic heterocycles. The second-order valence-electron chi connectivity index (χ2n) is 5.16. The molecule has 0 amide bonds. The summed E-state index contributed by atoms with van der Waals surface area (Å²) < 4.78 is 32.0. The van der Waals surface area contributed by atoms with Gasteiger partial charge in [-0.3, -0.25) is 0 Å². The lowest BCUT2D eigenvalue weighted by molar-refractivity contribution is 0.187. The number of nitrogens with one attached hydrogen (secondary N) is 1. The molecule has 19 heavy (non-hydrogen) atoms. The molecule has 1 aliphatic carbocycles. The summed E-state index contributed by atoms with van der Waals surface area (Å²) in [6, 6.07) is 4.22. The maximum atomic E-state index is 13.5. The molecular weight excluding hydrogens is 248 g/mol. The van der Waals surface area contributed by atoms with E-state index in [-0.39, 0.29) is 11.8 Å². The summed E-state index contributed by atoms with van der Waals surface area (Å²) in [4.78, 5) is 0. The molecule has 1 saturated carbocycles. The van der Waals surface area contributed by atoms with Crippen LogP contribution in [0.2, 0.25) is 0 Å². The van der Waals surface area contributed by atoms with Gasteiger partial charge in [0.25, 0.3) is 0 Å². The van der Waals surface area contributed by atoms with E-state index >= 15 is 0 Å². The molecule has 1 N–H and O–H groups in total. The van der Waals surface area contributed by atoms with Gasteiger partial charge in [-0.15, -0.1) is 0 Å². The summed E-state index contributed by atoms with van der Waals surface area (Å²) in [6.45, 7) is 0.377. The van der Waals surface area contributed by atoms with E-state index in [9.17, 15) is 8.78 Å². The van der Waals surface area contributed by atoms with E-state index in [0.717, 1.165) is 6.07 Å². The molecule has 1 atom stereocenters. The van der Waals surface area contributed by atoms with Crippen LogP contribution in [0, 0.1) is 17.6 Å². The summed E-state index contributed by atoms with van der Waals surface area (Å²) in [5, 5.41) is 3.23. The zero-order valence-electron chi connectivity index (χ0n) is 11.3. The Bertz CT molecular complexity index is 405. The fourth-order valence-corrected chi connectivity index (χ4v) is 2.77. The van der Waals surface area contributed by atoms with Crippen molar-refractivity contribution in [2.75, 3.05) is 13.7 Å². The quantitative estimate of drug-likeness (QED) is 0.883. The van der Waals surface area contributed by atoms with Crippen LogP contribution in [0.15, 0.2) is 18.2 Å². The van der Waals surface area contributed by atoms with Crippen molar-refractivity contribution in [3.05, 3.63) is 29.8 Å². The van der Waals surface area contributed by atoms with Gasteiger partial charge < -0.3 is 10.1 Å². The molecule has 1 unspecified atom stereocenters. The van der Waals surface area contributed by atoms with Gasteiger partial charge in [0.15, 0.2) is 11.6 Å². The second-order valence-corrected chi connectivity index (χ2v) is 5.16. The van der Waals surface area contributed by atoms with E-state index in [4.69, 9.17) is 4.74 Å². The van der Waals surface area contributed by atoms with Crippen LogP contribution in [-0.4, -0.2) is 19.7 Å². The van der Waals surface area contributed by atoms with Gasteiger partial charge in [0.1, 0.15) is 6.61 Å². The lowest BCUT2D eigenvalue weighted by atomic mass is 9.84. The minimum atomic E-state index is -0.902. The zero-order chi connectivity index (χ0) is 13.7. The Morgan fingerprint density at radius 2 is 2.00 bits per heavy atom. The van der Waals surface area contributed by atoms with Crippen molar-refractivity contribution in [3.8, 4) is 5.75 Å². The molecule has 1 aromatic rings. The molecule has 2 rings (SSSR count). The first-order valence-electron chi connectivity index (χ1n) is 6.96. The smallest absolute Gasteiger partial charge is 0.200 e. The predicted octanol–water partition coefficient (Wildman–Crippen LogP) is 3.51. The maximum absolute atomic E-state index is 13.5. The Labute approximate surface area is 113 Å². The Morgan fingerprint density at radius 3 is 2.68 bits per heavy atom. The Kier molecular flexibility index (Phi) is 5.14. The molecule has 4 heteroatoms. The number of hydrogen-bond acceptors (Lipinski definition) is 2. The molecule has 2 nitrogen and oxygen atoms in total. The summed E-state index contributed by atoms with van der Waals surface area (Å²) in [5.41, 5.74) is 0. The number of likely N-dealkylation sites (N-methyl/N-ethyl adjacent to an activating group) is 1. The van der Waals surface area contributed by atoms with Gasteiger partial charge >= 0.3 is 0 Å². The molecule has 106 valence electrons. The van der Waals surface area contributed by atoms with Crippen LogP contribution in [0.1, 0.15) is 32.1 Å². The van der Waals surface area contributed by atoms with Crippen LogP contribution < -0.4 is 10.1 Å². The second kappa shape index (κ2) is 6.85. The van der Waals surface area contributed by atoms with E-state index in [2.05, 4.69) is 5.32 Å². The van der Waals surface area contributed by atoms with Crippen LogP contribution in [0.5, 0.6) is 5.75 Å². The monoisotopic (exact) mass is 269 g/mol. The van der Waals surface area contributed by atoms with Gasteiger partial charge in [-0.05, 0) is 37.9 Å². The molecule has 0 spiro atoms. The average molecular weight is 269 g/mol. The SMILES string of the molecule is CNC(COc1cccc(F)c1F)C1CCCCC1. The number of hydrogen-bond donors (Lipinski definition) is 1. The van der Waals surface area contributed by atoms with Gasteiger partial charge in [-0.2, -0.15) is 4.39 Å². The van der Waals surface area contributed by atoms with Gasteiger partial charge in [-0.1, -0.05) is 25.3 Å². The van der Waals surface area contributed by atoms with Crippen molar-refractivity contribution >= 4 is 0 Å². The van der Waals surface area contributed by atoms with E-state index in [0.29, 0.717) is 12.5 Å². The van der Waals surface area contributed by atoms with Crippen LogP contribution in [0.3, 0.4) is 0 Å². The van der Waals surface area contributed by atoms with E-state index in [1.165, 1.54) is 44.2 Å². The first-order chi connectivity index (χ1) is 9.22. The molecule has 1 fully saturated rings. The standard InChI is InChI=1S/C15H21F2NO/c1-18-13(11-6-3-2-4-7-11)10-19-14-9-5-8-12(16)15(14)17/h5,8-9,11,13,18H,2-4,6-7,10H2,1H3. The minimum absolute atomic E-state index is 0.00365. The van der Waals surface area contributed by atoms with E-state index in [1.54, 1.807) is 0 Å². The Balaban J connectivity index is 1.93. The first kappa shape index (κ1) is 14.3. The van der Waals surface area contributed by atoms with E-state index < -0.39 is 11.6 Å². The Hall–Kier alpha value is -1.16. The molecule has 0 aromatic heterocycles. The molecule has 0 saturated heterocycles. The third-order valence-corrected chi connectivity index (χ3v) is 3.92. The average Bonchev–Trinajstić information content (AvgIpc) is 2.45. The predicted molar refractivity (Wildman–Crippen MR) is 71.3 cm³/mol. The number of benzene rings is 1. The molecule has 0 bridgehead atoms. The summed E-state index contributed by atoms with van der Waals surface area (Å²) >= 11 is 0. The normalized spacial score (nSPS) is 18.3. The van der Waals surface area contributed by atoms with Crippen molar-refractivity contribution in [3.63, 3.8) is 0 Å². The topological polar surface area (TPSA) is 21.3 Å². The van der Waals surface area contributed by atoms with Crippen molar-refractivity contribution in [1.82, 2.24) is 5.32 Å². The summed E-state index contributed by atoms with van der Waals surface area (Å²) in [6.07, 6.45) is 6.15. The highest BCUT2D eigenvalue weighted by Gasteiger charge is 2.23. The van der Waals surface area contributed by atoms with Crippen LogP contribution in [0.25, 0.3) is 0 Å². The minimum Gasteiger partial charge on any atom is -0.489 e. The van der Waals surface area contributed by atoms with Crippen LogP contribution in [0.4, 0.5) is 8.78 Å². The zero-order valence-corrected chi connectivity index (χ0v) is 11.3. The lowest BCUT2D eigenvalue weighted by Gasteiger charge is -2.29. The molecule has 1 aromatic carbocycles. The van der Waals surface area contributed by atoms with Gasteiger partial charge in [-0.25, -0.2) is 4.39 Å². The van der Waals surface area contributed by atoms with Crippen molar-refractivity contribution < 1.29 is 13.5 Å². The van der Waals surface area contributed by atoms with Crippen molar-refractivity contribution in [2.24, 2.45) is 5.92 Å². The van der Waals surface area contributed by atoms with Gasteiger partial charge in [0, 0.05) is 6.04 Å². The summed E-state index contributed by atoms with van der Waals surface area (Å²) in [5.74, 6) is -1.20. The van der Waals surface area contributed by atoms with Crippen LogP contribution in [-0.2, 0) is 0 Å². The third kappa shape index (κ3) is 3.66. The molecule has 0 heterocycles. The van der Waals surface area contributed by atoms with E-state index in [1.807, 2.05) is 7.05 Å². The molecule has 1 aliphatic rings. The largest absolute Gasteiger partial charge is 0.489 e. The van der Waals surface area contributed by atoms with Crippen molar-refractivity contribution in [2.45, 2.75) is 38.1 Å². The maximum Gasteiger partial charge on any atom is 0.200 e. The number of halogens is 2. The number of ether oxygens (including phenoxy) is 1. The summed E-state index contributed by atoms with van der Waals surface area (Å²) in [7, 11) is 1.89. The van der Waals surface area contributed by atoms with Gasteiger partial charge in [0.05, 0.1) is 0 Å². The highest BCUT2D eigenvalue weighted by molar-refractivity contribution is 5.25. The third-order valence-electron chi connectivity index (χ3n) is 3.92. The Morgan fingerprint density at radius 1 is 1.26 bits per heavy atom. The van der Waals surface area contributed by atoms with Crippen LogP contribution >= 0.6 is 0 Å². The lowest BCUT2D eigenvalue weighted by Crippen LogP contribution is -2.39. The molecule has 0 radical (unpaired) electrons.